The number of likely N-dealkylation sites (N-methyl/N-ethyl adjacent to an activating group) is 1. The molecule has 9 heteroatoms. The van der Waals surface area contributed by atoms with E-state index in [1.54, 1.807) is 6.07 Å². The summed E-state index contributed by atoms with van der Waals surface area (Å²) in [6.45, 7) is 8.98. The molecule has 0 bridgehead atoms. The molecule has 150 valence electrons. The van der Waals surface area contributed by atoms with Gasteiger partial charge in [-0.15, -0.1) is 5.10 Å². The highest BCUT2D eigenvalue weighted by molar-refractivity contribution is 7.17. The van der Waals surface area contributed by atoms with Gasteiger partial charge < -0.3 is 10.0 Å². The monoisotopic (exact) mass is 439 g/mol. The molecule has 0 amide bonds. The summed E-state index contributed by atoms with van der Waals surface area (Å²) in [4.78, 5) is 10.8. The maximum absolute atomic E-state index is 11.0. The van der Waals surface area contributed by atoms with E-state index >= 15 is 0 Å². The van der Waals surface area contributed by atoms with Crippen molar-refractivity contribution in [2.45, 2.75) is 26.3 Å². The van der Waals surface area contributed by atoms with Crippen LogP contribution in [0.25, 0.3) is 4.96 Å². The highest BCUT2D eigenvalue weighted by atomic mass is 35.5. The summed E-state index contributed by atoms with van der Waals surface area (Å²) >= 11 is 14.2. The van der Waals surface area contributed by atoms with Crippen LogP contribution in [0.5, 0.6) is 5.88 Å². The van der Waals surface area contributed by atoms with Crippen LogP contribution in [0, 0.1) is 0 Å². The van der Waals surface area contributed by atoms with Crippen molar-refractivity contribution >= 4 is 39.5 Å². The summed E-state index contributed by atoms with van der Waals surface area (Å²) in [5, 5.41) is 16.6. The first-order valence-corrected chi connectivity index (χ1v) is 11.1. The molecule has 2 aromatic heterocycles. The smallest absolute Gasteiger partial charge is 0.230 e. The molecule has 1 aliphatic rings. The number of thiazole rings is 1. The SMILES string of the molecule is CCc1nc2sc(C(c3ccc(Cl)cc3Cl)N3CCN(CC)CC3)c(O)n2n1. The van der Waals surface area contributed by atoms with Crippen LogP contribution < -0.4 is 0 Å². The van der Waals surface area contributed by atoms with E-state index in [1.807, 2.05) is 19.1 Å². The van der Waals surface area contributed by atoms with Crippen molar-refractivity contribution in [1.82, 2.24) is 24.4 Å². The second-order valence-corrected chi connectivity index (χ2v) is 8.76. The third-order valence-electron chi connectivity index (χ3n) is 5.28. The number of aryl methyl sites for hydroxylation is 1. The first-order chi connectivity index (χ1) is 13.5. The number of aromatic nitrogens is 3. The summed E-state index contributed by atoms with van der Waals surface area (Å²) in [6, 6.07) is 5.40. The molecular formula is C19H23Cl2N5OS. The van der Waals surface area contributed by atoms with Gasteiger partial charge in [0.2, 0.25) is 10.8 Å². The average Bonchev–Trinajstić information content (AvgIpc) is 3.23. The quantitative estimate of drug-likeness (QED) is 0.648. The molecule has 0 spiro atoms. The lowest BCUT2D eigenvalue weighted by Gasteiger charge is -2.39. The molecule has 1 N–H and O–H groups in total. The Morgan fingerprint density at radius 2 is 1.93 bits per heavy atom. The molecule has 1 saturated heterocycles. The van der Waals surface area contributed by atoms with Crippen molar-refractivity contribution in [3.8, 4) is 5.88 Å². The van der Waals surface area contributed by atoms with E-state index in [-0.39, 0.29) is 11.9 Å². The van der Waals surface area contributed by atoms with E-state index < -0.39 is 0 Å². The number of piperazine rings is 1. The zero-order valence-corrected chi connectivity index (χ0v) is 18.2. The summed E-state index contributed by atoms with van der Waals surface area (Å²) in [7, 11) is 0. The lowest BCUT2D eigenvalue weighted by Crippen LogP contribution is -2.47. The molecule has 28 heavy (non-hydrogen) atoms. The Morgan fingerprint density at radius 1 is 1.18 bits per heavy atom. The lowest BCUT2D eigenvalue weighted by molar-refractivity contribution is 0.113. The van der Waals surface area contributed by atoms with Gasteiger partial charge in [0, 0.05) is 42.6 Å². The topological polar surface area (TPSA) is 56.9 Å². The van der Waals surface area contributed by atoms with Gasteiger partial charge in [-0.2, -0.15) is 4.52 Å². The van der Waals surface area contributed by atoms with Gasteiger partial charge in [0.1, 0.15) is 0 Å². The van der Waals surface area contributed by atoms with E-state index in [1.165, 1.54) is 15.9 Å². The Balaban J connectivity index is 1.79. The summed E-state index contributed by atoms with van der Waals surface area (Å²) in [6.07, 6.45) is 0.731. The van der Waals surface area contributed by atoms with Crippen LogP contribution in [0.4, 0.5) is 0 Å². The number of benzene rings is 1. The Labute approximate surface area is 178 Å². The molecule has 1 fully saturated rings. The van der Waals surface area contributed by atoms with E-state index in [9.17, 15) is 5.11 Å². The number of hydrogen-bond acceptors (Lipinski definition) is 6. The molecule has 1 atom stereocenters. The van der Waals surface area contributed by atoms with Gasteiger partial charge in [0.25, 0.3) is 0 Å². The fourth-order valence-corrected chi connectivity index (χ4v) is 5.32. The molecule has 1 aromatic carbocycles. The fraction of sp³-hybridized carbons (Fsp3) is 0.474. The van der Waals surface area contributed by atoms with Crippen LogP contribution in [0.1, 0.15) is 36.2 Å². The molecular weight excluding hydrogens is 417 g/mol. The largest absolute Gasteiger partial charge is 0.492 e. The normalized spacial score (nSPS) is 17.4. The standard InChI is InChI=1S/C19H23Cl2N5OS/c1-3-15-22-19-26(23-15)18(27)17(28-19)16(13-6-5-12(20)11-14(13)21)25-9-7-24(4-2)8-10-25/h5-6,11,16,27H,3-4,7-10H2,1-2H3. The Kier molecular flexibility index (Phi) is 5.81. The first kappa shape index (κ1) is 19.9. The van der Waals surface area contributed by atoms with Gasteiger partial charge in [0.15, 0.2) is 5.82 Å². The van der Waals surface area contributed by atoms with Crippen LogP contribution in [-0.4, -0.2) is 62.2 Å². The molecule has 3 heterocycles. The van der Waals surface area contributed by atoms with Gasteiger partial charge in [-0.05, 0) is 24.2 Å². The third-order valence-corrected chi connectivity index (χ3v) is 6.92. The summed E-state index contributed by atoms with van der Waals surface area (Å²) < 4.78 is 1.54. The number of hydrogen-bond donors (Lipinski definition) is 1. The molecule has 1 unspecified atom stereocenters. The number of rotatable bonds is 5. The summed E-state index contributed by atoms with van der Waals surface area (Å²) in [5.41, 5.74) is 0.937. The lowest BCUT2D eigenvalue weighted by atomic mass is 10.0. The van der Waals surface area contributed by atoms with E-state index in [0.29, 0.717) is 15.0 Å². The van der Waals surface area contributed by atoms with Crippen LogP contribution in [-0.2, 0) is 6.42 Å². The number of fused-ring (bicyclic) bond motifs is 1. The molecule has 0 aliphatic carbocycles. The van der Waals surface area contributed by atoms with E-state index in [4.69, 9.17) is 23.2 Å². The van der Waals surface area contributed by atoms with Gasteiger partial charge in [-0.25, -0.2) is 4.98 Å². The zero-order chi connectivity index (χ0) is 19.8. The van der Waals surface area contributed by atoms with Gasteiger partial charge in [0.05, 0.1) is 10.9 Å². The van der Waals surface area contributed by atoms with Crippen molar-refractivity contribution in [2.75, 3.05) is 32.7 Å². The number of aromatic hydroxyl groups is 1. The van der Waals surface area contributed by atoms with E-state index in [2.05, 4.69) is 26.8 Å². The Bertz CT molecular complexity index is 980. The predicted octanol–water partition coefficient (Wildman–Crippen LogP) is 4.09. The van der Waals surface area contributed by atoms with Crippen molar-refractivity contribution in [3.63, 3.8) is 0 Å². The molecule has 4 rings (SSSR count). The van der Waals surface area contributed by atoms with Gasteiger partial charge in [-0.1, -0.05) is 54.5 Å². The number of halogens is 2. The van der Waals surface area contributed by atoms with Crippen LogP contribution in [0.2, 0.25) is 10.0 Å². The molecule has 3 aromatic rings. The minimum absolute atomic E-state index is 0.140. The second kappa shape index (κ2) is 8.16. The average molecular weight is 440 g/mol. The van der Waals surface area contributed by atoms with Gasteiger partial charge in [-0.3, -0.25) is 4.90 Å². The van der Waals surface area contributed by atoms with Crippen molar-refractivity contribution in [2.24, 2.45) is 0 Å². The fourth-order valence-electron chi connectivity index (χ4n) is 3.68. The minimum atomic E-state index is -0.164. The summed E-state index contributed by atoms with van der Waals surface area (Å²) in [5.74, 6) is 0.867. The third kappa shape index (κ3) is 3.62. The maximum Gasteiger partial charge on any atom is 0.230 e. The van der Waals surface area contributed by atoms with Crippen molar-refractivity contribution < 1.29 is 5.11 Å². The molecule has 6 nitrogen and oxygen atoms in total. The number of nitrogens with zero attached hydrogens (tertiary/aromatic N) is 5. The zero-order valence-electron chi connectivity index (χ0n) is 15.9. The Hall–Kier alpha value is -1.38. The first-order valence-electron chi connectivity index (χ1n) is 9.50. The Morgan fingerprint density at radius 3 is 2.54 bits per heavy atom. The highest BCUT2D eigenvalue weighted by Gasteiger charge is 2.32. The van der Waals surface area contributed by atoms with Gasteiger partial charge >= 0.3 is 0 Å². The second-order valence-electron chi connectivity index (χ2n) is 6.90. The van der Waals surface area contributed by atoms with E-state index in [0.717, 1.165) is 55.4 Å². The maximum atomic E-state index is 11.0. The molecule has 0 radical (unpaired) electrons. The van der Waals surface area contributed by atoms with Crippen molar-refractivity contribution in [1.29, 1.82) is 0 Å². The molecule has 0 saturated carbocycles. The van der Waals surface area contributed by atoms with Crippen LogP contribution in [0.3, 0.4) is 0 Å². The highest BCUT2D eigenvalue weighted by Crippen LogP contribution is 2.42. The molecule has 1 aliphatic heterocycles. The van der Waals surface area contributed by atoms with Crippen LogP contribution >= 0.6 is 34.5 Å². The minimum Gasteiger partial charge on any atom is -0.492 e. The predicted molar refractivity (Wildman–Crippen MR) is 114 cm³/mol. The van der Waals surface area contributed by atoms with Crippen LogP contribution in [0.15, 0.2) is 18.2 Å². The van der Waals surface area contributed by atoms with Crippen molar-refractivity contribution in [3.05, 3.63) is 44.5 Å².